The first kappa shape index (κ1) is 30.0. The van der Waals surface area contributed by atoms with E-state index in [4.69, 9.17) is 0 Å². The van der Waals surface area contributed by atoms with Crippen molar-refractivity contribution < 1.29 is 74.2 Å². The predicted molar refractivity (Wildman–Crippen MR) is 115 cm³/mol. The molecule has 3 heteroatoms. The molecular formula is C26H38I2Zr. The van der Waals surface area contributed by atoms with Crippen molar-refractivity contribution in [2.75, 3.05) is 0 Å². The first-order valence-electron chi connectivity index (χ1n) is 11.3. The summed E-state index contributed by atoms with van der Waals surface area (Å²) in [5, 5.41) is 0. The van der Waals surface area contributed by atoms with Crippen LogP contribution < -0.4 is 48.0 Å². The summed E-state index contributed by atoms with van der Waals surface area (Å²) in [5.41, 5.74) is 3.38. The van der Waals surface area contributed by atoms with Crippen LogP contribution in [-0.2, 0) is 26.2 Å². The van der Waals surface area contributed by atoms with Crippen molar-refractivity contribution in [2.45, 2.75) is 90.9 Å². The van der Waals surface area contributed by atoms with Crippen LogP contribution in [0.3, 0.4) is 0 Å². The summed E-state index contributed by atoms with van der Waals surface area (Å²) in [5.74, 6) is 5.29. The zero-order chi connectivity index (χ0) is 18.2. The average Bonchev–Trinajstić information content (AvgIpc) is 3.29. The fourth-order valence-corrected chi connectivity index (χ4v) is 5.02. The maximum atomic E-state index is 2.35. The zero-order valence-corrected chi connectivity index (χ0v) is 25.1. The van der Waals surface area contributed by atoms with Gasteiger partial charge in [-0.1, -0.05) is 78.1 Å². The van der Waals surface area contributed by atoms with Gasteiger partial charge < -0.3 is 48.0 Å². The summed E-state index contributed by atoms with van der Waals surface area (Å²) < 4.78 is 0. The van der Waals surface area contributed by atoms with Crippen molar-refractivity contribution in [3.63, 3.8) is 0 Å². The fourth-order valence-electron chi connectivity index (χ4n) is 5.02. The van der Waals surface area contributed by atoms with Gasteiger partial charge in [-0.25, -0.2) is 35.1 Å². The molecule has 0 aromatic rings. The number of rotatable bonds is 6. The molecule has 0 spiro atoms. The van der Waals surface area contributed by atoms with Gasteiger partial charge in [0.2, 0.25) is 0 Å². The summed E-state index contributed by atoms with van der Waals surface area (Å²) in [6, 6.07) is 0. The Bertz CT molecular complexity index is 511. The second-order valence-corrected chi connectivity index (χ2v) is 8.46. The van der Waals surface area contributed by atoms with Crippen molar-refractivity contribution in [3.8, 4) is 0 Å². The van der Waals surface area contributed by atoms with Gasteiger partial charge in [0.1, 0.15) is 0 Å². The maximum Gasteiger partial charge on any atom is 4.00 e. The molecule has 4 rings (SSSR count). The van der Waals surface area contributed by atoms with Gasteiger partial charge in [-0.05, 0) is 24.7 Å². The van der Waals surface area contributed by atoms with Gasteiger partial charge in [0.25, 0.3) is 0 Å². The average molecular weight is 696 g/mol. The third-order valence-corrected chi connectivity index (χ3v) is 6.61. The van der Waals surface area contributed by atoms with Gasteiger partial charge >= 0.3 is 26.2 Å². The van der Waals surface area contributed by atoms with Crippen molar-refractivity contribution in [3.05, 3.63) is 59.4 Å². The zero-order valence-electron chi connectivity index (χ0n) is 18.4. The Morgan fingerprint density at radius 1 is 0.759 bits per heavy atom. The molecule has 0 aromatic carbocycles. The van der Waals surface area contributed by atoms with Gasteiger partial charge in [0.15, 0.2) is 0 Å². The van der Waals surface area contributed by atoms with Gasteiger partial charge in [-0.3, -0.25) is 0 Å². The first-order valence-corrected chi connectivity index (χ1v) is 11.3. The SMILES string of the molecule is CCCC[C-]1CCC2CC=CC=C12.CCCC[C-]1CCC2CC=CC=C12.[I-].[I-].[Zr+4]. The molecule has 2 saturated carbocycles. The Morgan fingerprint density at radius 2 is 1.17 bits per heavy atom. The topological polar surface area (TPSA) is 0 Å². The van der Waals surface area contributed by atoms with Crippen molar-refractivity contribution in [1.29, 1.82) is 0 Å². The van der Waals surface area contributed by atoms with Crippen LogP contribution in [0.1, 0.15) is 90.9 Å². The number of allylic oxidation sites excluding steroid dienone is 8. The molecule has 0 bridgehead atoms. The van der Waals surface area contributed by atoms with Gasteiger partial charge in [0, 0.05) is 0 Å². The third-order valence-electron chi connectivity index (χ3n) is 6.61. The van der Waals surface area contributed by atoms with Crippen LogP contribution in [0.5, 0.6) is 0 Å². The van der Waals surface area contributed by atoms with Crippen LogP contribution in [0, 0.1) is 23.7 Å². The minimum atomic E-state index is 0. The van der Waals surface area contributed by atoms with Gasteiger partial charge in [-0.15, -0.1) is 24.3 Å². The van der Waals surface area contributed by atoms with E-state index in [9.17, 15) is 0 Å². The normalized spacial score (nSPS) is 23.4. The summed E-state index contributed by atoms with van der Waals surface area (Å²) in [6.07, 6.45) is 30.1. The molecule has 0 aliphatic heterocycles. The van der Waals surface area contributed by atoms with E-state index in [-0.39, 0.29) is 74.2 Å². The van der Waals surface area contributed by atoms with E-state index in [0.717, 1.165) is 11.8 Å². The fraction of sp³-hybridized carbons (Fsp3) is 0.615. The molecule has 0 aromatic heterocycles. The Morgan fingerprint density at radius 3 is 1.55 bits per heavy atom. The van der Waals surface area contributed by atoms with Crippen LogP contribution in [-0.4, -0.2) is 0 Å². The van der Waals surface area contributed by atoms with Crippen molar-refractivity contribution >= 4 is 0 Å². The molecule has 0 amide bonds. The maximum absolute atomic E-state index is 2.35. The van der Waals surface area contributed by atoms with E-state index in [0.29, 0.717) is 0 Å². The molecule has 29 heavy (non-hydrogen) atoms. The number of fused-ring (bicyclic) bond motifs is 2. The monoisotopic (exact) mass is 694 g/mol. The molecule has 0 heterocycles. The summed E-state index contributed by atoms with van der Waals surface area (Å²) in [6.45, 7) is 4.56. The Balaban J connectivity index is 0.000000490. The minimum Gasteiger partial charge on any atom is -1.00 e. The second kappa shape index (κ2) is 16.6. The molecule has 160 valence electrons. The van der Waals surface area contributed by atoms with E-state index >= 15 is 0 Å². The van der Waals surface area contributed by atoms with Gasteiger partial charge in [-0.2, -0.15) is 0 Å². The quantitative estimate of drug-likeness (QED) is 0.296. The largest absolute Gasteiger partial charge is 4.00 e. The molecular weight excluding hydrogens is 657 g/mol. The van der Waals surface area contributed by atoms with Crippen molar-refractivity contribution in [2.24, 2.45) is 11.8 Å². The number of halogens is 2. The van der Waals surface area contributed by atoms with E-state index < -0.39 is 0 Å². The van der Waals surface area contributed by atoms with Crippen LogP contribution >= 0.6 is 0 Å². The summed E-state index contributed by atoms with van der Waals surface area (Å²) in [7, 11) is 0. The molecule has 0 radical (unpaired) electrons. The third kappa shape index (κ3) is 8.83. The van der Waals surface area contributed by atoms with Crippen molar-refractivity contribution in [1.82, 2.24) is 0 Å². The standard InChI is InChI=1S/2C13H19.2HI.Zr/c2*1-2-3-6-11-9-10-12-7-4-5-8-13(11)12;;;/h2*4-5,8,12H,2-3,6-7,9-10H2,1H3;2*1H;/q2*-1;;;+4/p-2. The minimum absolute atomic E-state index is 0. The van der Waals surface area contributed by atoms with E-state index in [1.54, 1.807) is 23.0 Å². The summed E-state index contributed by atoms with van der Waals surface area (Å²) >= 11 is 0. The van der Waals surface area contributed by atoms with E-state index in [1.165, 1.54) is 77.0 Å². The summed E-state index contributed by atoms with van der Waals surface area (Å²) in [4.78, 5) is 0. The van der Waals surface area contributed by atoms with Crippen LogP contribution in [0.4, 0.5) is 0 Å². The Labute approximate surface area is 234 Å². The van der Waals surface area contributed by atoms with E-state index in [2.05, 4.69) is 50.3 Å². The number of unbranched alkanes of at least 4 members (excludes halogenated alkanes) is 2. The second-order valence-electron chi connectivity index (χ2n) is 8.46. The predicted octanol–water partition coefficient (Wildman–Crippen LogP) is 2.10. The molecule has 4 aliphatic rings. The molecule has 0 nitrogen and oxygen atoms in total. The van der Waals surface area contributed by atoms with Crippen LogP contribution in [0.2, 0.25) is 0 Å². The Kier molecular flexibility index (Phi) is 17.2. The molecule has 4 aliphatic carbocycles. The van der Waals surface area contributed by atoms with Crippen LogP contribution in [0.25, 0.3) is 0 Å². The van der Waals surface area contributed by atoms with Gasteiger partial charge in [0.05, 0.1) is 0 Å². The molecule has 2 unspecified atom stereocenters. The smallest absolute Gasteiger partial charge is 1.00 e. The molecule has 0 N–H and O–H groups in total. The molecule has 0 saturated heterocycles. The molecule has 2 fully saturated rings. The first-order chi connectivity index (χ1) is 12.8. The number of hydrogen-bond donors (Lipinski definition) is 0. The number of hydrogen-bond acceptors (Lipinski definition) is 0. The Hall–Kier alpha value is 1.04. The molecule has 2 atom stereocenters. The van der Waals surface area contributed by atoms with Crippen LogP contribution in [0.15, 0.2) is 47.6 Å². The van der Waals surface area contributed by atoms with E-state index in [1.807, 2.05) is 0 Å².